The van der Waals surface area contributed by atoms with Crippen molar-refractivity contribution >= 4 is 13.3 Å². The van der Waals surface area contributed by atoms with E-state index in [9.17, 15) is 0 Å². The van der Waals surface area contributed by atoms with Gasteiger partial charge >= 0.3 is 0 Å². The van der Waals surface area contributed by atoms with Gasteiger partial charge in [-0.3, -0.25) is 0 Å². The SMILES string of the molecule is COc1ccc([C@@]2(Oc3ccc([Si](C)(C)C)cc3)C[C@H]3CC[C@]2(C)C3(C)C)cc1. The largest absolute Gasteiger partial charge is 0.497 e. The second kappa shape index (κ2) is 6.63. The molecule has 29 heavy (non-hydrogen) atoms. The first-order chi connectivity index (χ1) is 13.5. The summed E-state index contributed by atoms with van der Waals surface area (Å²) in [5.74, 6) is 2.58. The summed E-state index contributed by atoms with van der Waals surface area (Å²) in [6.07, 6.45) is 3.60. The third-order valence-electron chi connectivity index (χ3n) is 8.43. The monoisotopic (exact) mass is 408 g/mol. The quantitative estimate of drug-likeness (QED) is 0.536. The van der Waals surface area contributed by atoms with Gasteiger partial charge in [-0.05, 0) is 60.4 Å². The maximum Gasteiger partial charge on any atom is 0.140 e. The van der Waals surface area contributed by atoms with Crippen LogP contribution in [0, 0.1) is 16.7 Å². The lowest BCUT2D eigenvalue weighted by atomic mass is 9.62. The van der Waals surface area contributed by atoms with Gasteiger partial charge in [0.25, 0.3) is 0 Å². The van der Waals surface area contributed by atoms with Crippen LogP contribution in [-0.4, -0.2) is 15.2 Å². The predicted octanol–water partition coefficient (Wildman–Crippen LogP) is 6.36. The third kappa shape index (κ3) is 2.96. The summed E-state index contributed by atoms with van der Waals surface area (Å²) in [6, 6.07) is 17.6. The summed E-state index contributed by atoms with van der Waals surface area (Å²) in [5.41, 5.74) is 1.33. The number of methoxy groups -OCH3 is 1. The molecule has 0 aliphatic heterocycles. The van der Waals surface area contributed by atoms with Gasteiger partial charge in [-0.25, -0.2) is 0 Å². The number of benzene rings is 2. The van der Waals surface area contributed by atoms with Gasteiger partial charge in [-0.15, -0.1) is 0 Å². The van der Waals surface area contributed by atoms with E-state index in [0.29, 0.717) is 5.92 Å². The van der Waals surface area contributed by atoms with Crippen LogP contribution in [0.2, 0.25) is 19.6 Å². The van der Waals surface area contributed by atoms with Gasteiger partial charge < -0.3 is 9.47 Å². The van der Waals surface area contributed by atoms with E-state index in [2.05, 4.69) is 88.9 Å². The number of rotatable bonds is 5. The highest BCUT2D eigenvalue weighted by molar-refractivity contribution is 6.88. The molecule has 0 unspecified atom stereocenters. The van der Waals surface area contributed by atoms with E-state index in [1.54, 1.807) is 7.11 Å². The fourth-order valence-corrected chi connectivity index (χ4v) is 7.15. The van der Waals surface area contributed by atoms with E-state index < -0.39 is 8.07 Å². The van der Waals surface area contributed by atoms with Crippen molar-refractivity contribution in [2.45, 2.75) is 65.3 Å². The van der Waals surface area contributed by atoms with Gasteiger partial charge in [0, 0.05) is 5.41 Å². The summed E-state index contributed by atoms with van der Waals surface area (Å²) < 4.78 is 12.5. The normalized spacial score (nSPS) is 30.4. The summed E-state index contributed by atoms with van der Waals surface area (Å²) in [7, 11) is 0.411. The molecule has 2 saturated carbocycles. The molecule has 156 valence electrons. The van der Waals surface area contributed by atoms with E-state index >= 15 is 0 Å². The average Bonchev–Trinajstić information content (AvgIpc) is 3.00. The first-order valence-corrected chi connectivity index (χ1v) is 14.5. The molecule has 0 N–H and O–H groups in total. The van der Waals surface area contributed by atoms with E-state index in [1.807, 2.05) is 0 Å². The predicted molar refractivity (Wildman–Crippen MR) is 124 cm³/mol. The van der Waals surface area contributed by atoms with Gasteiger partial charge in [0.15, 0.2) is 0 Å². The molecule has 2 bridgehead atoms. The van der Waals surface area contributed by atoms with Gasteiger partial charge in [0.1, 0.15) is 17.1 Å². The van der Waals surface area contributed by atoms with Crippen molar-refractivity contribution in [2.75, 3.05) is 7.11 Å². The van der Waals surface area contributed by atoms with Gasteiger partial charge in [-0.2, -0.15) is 0 Å². The molecule has 0 saturated heterocycles. The van der Waals surface area contributed by atoms with Gasteiger partial charge in [-0.1, -0.05) is 69.9 Å². The zero-order chi connectivity index (χ0) is 21.1. The smallest absolute Gasteiger partial charge is 0.140 e. The van der Waals surface area contributed by atoms with Crippen LogP contribution in [0.5, 0.6) is 11.5 Å². The van der Waals surface area contributed by atoms with Gasteiger partial charge in [0.2, 0.25) is 0 Å². The van der Waals surface area contributed by atoms with Crippen LogP contribution in [0.25, 0.3) is 0 Å². The van der Waals surface area contributed by atoms with E-state index in [1.165, 1.54) is 23.6 Å². The third-order valence-corrected chi connectivity index (χ3v) is 10.5. The molecule has 4 rings (SSSR count). The standard InChI is InChI=1S/C26H36O2Si/c1-24(2)20-16-17-25(24,3)26(18-20,19-8-10-21(27-4)11-9-19)28-22-12-14-23(15-13-22)29(5,6)7/h8-15,20H,16-18H2,1-7H3/t20-,25-,26+/m1/s1. The van der Waals surface area contributed by atoms with Crippen LogP contribution in [0.1, 0.15) is 45.6 Å². The lowest BCUT2D eigenvalue weighted by molar-refractivity contribution is -0.0742. The van der Waals surface area contributed by atoms with Crippen LogP contribution in [0.15, 0.2) is 48.5 Å². The number of fused-ring (bicyclic) bond motifs is 2. The number of hydrogen-bond donors (Lipinski definition) is 0. The zero-order valence-corrected chi connectivity index (χ0v) is 20.1. The molecule has 0 aromatic heterocycles. The highest BCUT2D eigenvalue weighted by atomic mass is 28.3. The summed E-state index contributed by atoms with van der Waals surface area (Å²) in [6.45, 7) is 14.5. The Balaban J connectivity index is 1.78. The molecule has 3 atom stereocenters. The first kappa shape index (κ1) is 20.5. The van der Waals surface area contributed by atoms with E-state index in [-0.39, 0.29) is 16.4 Å². The Morgan fingerprint density at radius 3 is 1.90 bits per heavy atom. The minimum Gasteiger partial charge on any atom is -0.497 e. The summed E-state index contributed by atoms with van der Waals surface area (Å²) in [4.78, 5) is 0. The molecule has 2 aliphatic carbocycles. The Kier molecular flexibility index (Phi) is 4.69. The number of hydrogen-bond acceptors (Lipinski definition) is 2. The fourth-order valence-electron chi connectivity index (χ4n) is 5.98. The van der Waals surface area contributed by atoms with Crippen molar-refractivity contribution in [3.8, 4) is 11.5 Å². The van der Waals surface area contributed by atoms with Crippen molar-refractivity contribution in [1.29, 1.82) is 0 Å². The summed E-state index contributed by atoms with van der Waals surface area (Å²) in [5, 5.41) is 1.47. The molecular formula is C26H36O2Si. The molecule has 0 radical (unpaired) electrons. The average molecular weight is 409 g/mol. The highest BCUT2D eigenvalue weighted by Crippen LogP contribution is 2.73. The Hall–Kier alpha value is -1.74. The lowest BCUT2D eigenvalue weighted by Gasteiger charge is -2.48. The van der Waals surface area contributed by atoms with Crippen LogP contribution >= 0.6 is 0 Å². The first-order valence-electron chi connectivity index (χ1n) is 11.0. The van der Waals surface area contributed by atoms with Crippen molar-refractivity contribution in [2.24, 2.45) is 16.7 Å². The maximum absolute atomic E-state index is 7.04. The van der Waals surface area contributed by atoms with Crippen molar-refractivity contribution < 1.29 is 9.47 Å². The maximum atomic E-state index is 7.04. The van der Waals surface area contributed by atoms with E-state index in [0.717, 1.165) is 17.9 Å². The van der Waals surface area contributed by atoms with Crippen LogP contribution < -0.4 is 14.7 Å². The molecule has 3 heteroatoms. The highest BCUT2D eigenvalue weighted by Gasteiger charge is 2.70. The molecular weight excluding hydrogens is 372 g/mol. The topological polar surface area (TPSA) is 18.5 Å². The molecule has 0 amide bonds. The minimum atomic E-state index is -1.31. The second-order valence-corrected chi connectivity index (χ2v) is 16.0. The molecule has 2 aromatic carbocycles. The molecule has 2 nitrogen and oxygen atoms in total. The van der Waals surface area contributed by atoms with Crippen molar-refractivity contribution in [3.05, 3.63) is 54.1 Å². The number of ether oxygens (including phenoxy) is 2. The van der Waals surface area contributed by atoms with Gasteiger partial charge in [0.05, 0.1) is 15.2 Å². The van der Waals surface area contributed by atoms with Crippen LogP contribution in [-0.2, 0) is 5.60 Å². The lowest BCUT2D eigenvalue weighted by Crippen LogP contribution is -2.49. The van der Waals surface area contributed by atoms with Crippen LogP contribution in [0.4, 0.5) is 0 Å². The zero-order valence-electron chi connectivity index (χ0n) is 19.1. The minimum absolute atomic E-state index is 0.0940. The Morgan fingerprint density at radius 1 is 0.862 bits per heavy atom. The fraction of sp³-hybridized carbons (Fsp3) is 0.538. The Bertz CT molecular complexity index is 878. The van der Waals surface area contributed by atoms with E-state index in [4.69, 9.17) is 9.47 Å². The summed E-state index contributed by atoms with van der Waals surface area (Å²) >= 11 is 0. The van der Waals surface area contributed by atoms with Crippen LogP contribution in [0.3, 0.4) is 0 Å². The molecule has 0 heterocycles. The molecule has 0 spiro atoms. The molecule has 2 aromatic rings. The molecule has 2 aliphatic rings. The second-order valence-electron chi connectivity index (χ2n) is 10.9. The molecule has 2 fully saturated rings. The van der Waals surface area contributed by atoms with Crippen molar-refractivity contribution in [1.82, 2.24) is 0 Å². The Labute approximate surface area is 177 Å². The van der Waals surface area contributed by atoms with Crippen molar-refractivity contribution in [3.63, 3.8) is 0 Å². The Morgan fingerprint density at radius 2 is 1.45 bits per heavy atom.